The number of carbonyl (C=O) groups is 1. The van der Waals surface area contributed by atoms with E-state index in [0.29, 0.717) is 10.4 Å². The van der Waals surface area contributed by atoms with Crippen molar-refractivity contribution in [3.8, 4) is 0 Å². The first-order valence-electron chi connectivity index (χ1n) is 6.62. The van der Waals surface area contributed by atoms with E-state index in [9.17, 15) is 9.90 Å². The molecule has 0 fully saturated rings. The third kappa shape index (κ3) is 1.97. The lowest BCUT2D eigenvalue weighted by atomic mass is 9.87. The molecule has 3 rings (SSSR count). The van der Waals surface area contributed by atoms with Gasteiger partial charge in [0.05, 0.1) is 11.0 Å². The normalized spacial score (nSPS) is 12.4. The highest BCUT2D eigenvalue weighted by molar-refractivity contribution is 9.10. The van der Waals surface area contributed by atoms with Crippen LogP contribution in [0.2, 0.25) is 0 Å². The first-order valence-corrected chi connectivity index (χ1v) is 7.41. The first-order chi connectivity index (χ1) is 9.71. The quantitative estimate of drug-likeness (QED) is 0.730. The van der Waals surface area contributed by atoms with Gasteiger partial charge in [0, 0.05) is 7.05 Å². The summed E-state index contributed by atoms with van der Waals surface area (Å²) in [5.41, 5.74) is 3.17. The Morgan fingerprint density at radius 3 is 2.57 bits per heavy atom. The number of carboxylic acid groups (broad SMARTS) is 1. The van der Waals surface area contributed by atoms with Crippen LogP contribution in [0.15, 0.2) is 22.8 Å². The molecule has 0 aliphatic heterocycles. The number of nitrogens with zero attached hydrogens (tertiary/aromatic N) is 3. The number of aromatic nitrogens is 3. The zero-order chi connectivity index (χ0) is 15.5. The minimum absolute atomic E-state index is 0.0230. The molecule has 21 heavy (non-hydrogen) atoms. The van der Waals surface area contributed by atoms with E-state index < -0.39 is 5.97 Å². The largest absolute Gasteiger partial charge is 0.476 e. The fourth-order valence-corrected chi connectivity index (χ4v) is 3.31. The Balaban J connectivity index is 2.43. The smallest absolute Gasteiger partial charge is 0.355 e. The fraction of sp³-hybridized carbons (Fsp3) is 0.333. The minimum Gasteiger partial charge on any atom is -0.476 e. The van der Waals surface area contributed by atoms with E-state index in [4.69, 9.17) is 0 Å². The molecule has 1 aromatic carbocycles. The molecule has 0 unspecified atom stereocenters. The number of halogens is 1. The van der Waals surface area contributed by atoms with Gasteiger partial charge in [-0.15, -0.1) is 0 Å². The van der Waals surface area contributed by atoms with Crippen LogP contribution in [0.3, 0.4) is 0 Å². The van der Waals surface area contributed by atoms with E-state index in [1.165, 1.54) is 5.56 Å². The Kier molecular flexibility index (Phi) is 2.92. The number of aromatic carboxylic acids is 1. The fourth-order valence-electron chi connectivity index (χ4n) is 2.52. The monoisotopic (exact) mass is 349 g/mol. The summed E-state index contributed by atoms with van der Waals surface area (Å²) in [6.45, 7) is 6.44. The maximum absolute atomic E-state index is 11.4. The van der Waals surface area contributed by atoms with Crippen molar-refractivity contribution in [3.05, 3.63) is 34.1 Å². The van der Waals surface area contributed by atoms with Crippen LogP contribution in [0, 0.1) is 0 Å². The standard InChI is InChI=1S/C15H16BrN3O2/c1-15(2,3)8-5-6-9-10(7-8)19-12(16)11(13(20)21)18(4)14(19)17-9/h5-7H,1-4H3,(H,20,21). The summed E-state index contributed by atoms with van der Waals surface area (Å²) in [5, 5.41) is 9.33. The number of hydrogen-bond donors (Lipinski definition) is 1. The molecular weight excluding hydrogens is 334 g/mol. The van der Waals surface area contributed by atoms with Crippen LogP contribution >= 0.6 is 15.9 Å². The summed E-state index contributed by atoms with van der Waals surface area (Å²) in [4.78, 5) is 15.9. The molecule has 2 aromatic heterocycles. The Bertz CT molecular complexity index is 884. The molecule has 0 saturated heterocycles. The van der Waals surface area contributed by atoms with Gasteiger partial charge in [-0.1, -0.05) is 26.8 Å². The van der Waals surface area contributed by atoms with Crippen LogP contribution in [0.1, 0.15) is 36.8 Å². The Morgan fingerprint density at radius 1 is 1.33 bits per heavy atom. The van der Waals surface area contributed by atoms with Gasteiger partial charge in [-0.2, -0.15) is 0 Å². The van der Waals surface area contributed by atoms with Crippen LogP contribution in [0.25, 0.3) is 16.8 Å². The molecule has 5 nitrogen and oxygen atoms in total. The molecule has 0 bridgehead atoms. The first kappa shape index (κ1) is 14.1. The summed E-state index contributed by atoms with van der Waals surface area (Å²) >= 11 is 3.40. The van der Waals surface area contributed by atoms with Crippen molar-refractivity contribution < 1.29 is 9.90 Å². The van der Waals surface area contributed by atoms with Gasteiger partial charge in [0.2, 0.25) is 5.78 Å². The van der Waals surface area contributed by atoms with Crippen molar-refractivity contribution >= 4 is 38.7 Å². The van der Waals surface area contributed by atoms with Crippen molar-refractivity contribution in [2.75, 3.05) is 0 Å². The average molecular weight is 350 g/mol. The van der Waals surface area contributed by atoms with Gasteiger partial charge < -0.3 is 9.67 Å². The molecule has 1 N–H and O–H groups in total. The van der Waals surface area contributed by atoms with Crippen LogP contribution < -0.4 is 0 Å². The molecule has 0 aliphatic rings. The maximum atomic E-state index is 11.4. The molecule has 6 heteroatoms. The van der Waals surface area contributed by atoms with Gasteiger partial charge in [-0.3, -0.25) is 4.40 Å². The highest BCUT2D eigenvalue weighted by Crippen LogP contribution is 2.30. The van der Waals surface area contributed by atoms with Gasteiger partial charge in [-0.25, -0.2) is 9.78 Å². The lowest BCUT2D eigenvalue weighted by Gasteiger charge is -2.18. The summed E-state index contributed by atoms with van der Waals surface area (Å²) in [7, 11) is 1.71. The maximum Gasteiger partial charge on any atom is 0.355 e. The molecule has 0 spiro atoms. The van der Waals surface area contributed by atoms with Crippen molar-refractivity contribution in [3.63, 3.8) is 0 Å². The predicted octanol–water partition coefficient (Wildman–Crippen LogP) is 3.58. The van der Waals surface area contributed by atoms with Crippen molar-refractivity contribution in [1.29, 1.82) is 0 Å². The summed E-state index contributed by atoms with van der Waals surface area (Å²) in [6, 6.07) is 6.13. The van der Waals surface area contributed by atoms with E-state index in [-0.39, 0.29) is 11.1 Å². The van der Waals surface area contributed by atoms with Gasteiger partial charge in [0.25, 0.3) is 0 Å². The number of rotatable bonds is 1. The summed E-state index contributed by atoms with van der Waals surface area (Å²) < 4.78 is 3.94. The molecule has 0 saturated carbocycles. The Hall–Kier alpha value is -1.82. The Labute approximate surface area is 130 Å². The number of hydrogen-bond acceptors (Lipinski definition) is 2. The topological polar surface area (TPSA) is 59.5 Å². The number of carboxylic acids is 1. The number of benzene rings is 1. The van der Waals surface area contributed by atoms with Crippen LogP contribution in [-0.2, 0) is 12.5 Å². The van der Waals surface area contributed by atoms with Crippen LogP contribution in [0.4, 0.5) is 0 Å². The lowest BCUT2D eigenvalue weighted by Crippen LogP contribution is -2.10. The molecular formula is C15H16BrN3O2. The molecule has 0 radical (unpaired) electrons. The van der Waals surface area contributed by atoms with Gasteiger partial charge in [0.1, 0.15) is 4.60 Å². The Morgan fingerprint density at radius 2 is 2.00 bits per heavy atom. The zero-order valence-electron chi connectivity index (χ0n) is 12.3. The molecule has 0 amide bonds. The number of fused-ring (bicyclic) bond motifs is 3. The second-order valence-electron chi connectivity index (χ2n) is 6.20. The number of aryl methyl sites for hydroxylation is 1. The third-order valence-corrected chi connectivity index (χ3v) is 4.46. The zero-order valence-corrected chi connectivity index (χ0v) is 13.9. The van der Waals surface area contributed by atoms with Crippen molar-refractivity contribution in [1.82, 2.24) is 14.0 Å². The molecule has 0 atom stereocenters. The van der Waals surface area contributed by atoms with Crippen molar-refractivity contribution in [2.45, 2.75) is 26.2 Å². The highest BCUT2D eigenvalue weighted by Gasteiger charge is 2.23. The molecule has 0 aliphatic carbocycles. The minimum atomic E-state index is -0.977. The number of imidazole rings is 2. The predicted molar refractivity (Wildman–Crippen MR) is 85.0 cm³/mol. The van der Waals surface area contributed by atoms with Crippen molar-refractivity contribution in [2.24, 2.45) is 7.05 Å². The van der Waals surface area contributed by atoms with Crippen LogP contribution in [-0.4, -0.2) is 25.0 Å². The van der Waals surface area contributed by atoms with E-state index >= 15 is 0 Å². The SMILES string of the molecule is Cn1c(C(=O)O)c(Br)n2c3cc(C(C)(C)C)ccc3nc12. The second kappa shape index (κ2) is 4.34. The van der Waals surface area contributed by atoms with E-state index in [2.05, 4.69) is 53.8 Å². The molecule has 3 aromatic rings. The van der Waals surface area contributed by atoms with E-state index in [0.717, 1.165) is 11.0 Å². The highest BCUT2D eigenvalue weighted by atomic mass is 79.9. The van der Waals surface area contributed by atoms with Crippen LogP contribution in [0.5, 0.6) is 0 Å². The third-order valence-electron chi connectivity index (χ3n) is 3.73. The van der Waals surface area contributed by atoms with E-state index in [1.807, 2.05) is 10.5 Å². The lowest BCUT2D eigenvalue weighted by molar-refractivity contribution is 0.0685. The van der Waals surface area contributed by atoms with Gasteiger partial charge in [-0.05, 0) is 39.0 Å². The van der Waals surface area contributed by atoms with Gasteiger partial charge >= 0.3 is 5.97 Å². The molecule has 2 heterocycles. The van der Waals surface area contributed by atoms with Gasteiger partial charge in [0.15, 0.2) is 5.69 Å². The average Bonchev–Trinajstić information content (AvgIpc) is 2.85. The second-order valence-corrected chi connectivity index (χ2v) is 6.96. The summed E-state index contributed by atoms with van der Waals surface area (Å²) in [5.74, 6) is -0.365. The van der Waals surface area contributed by atoms with E-state index in [1.54, 1.807) is 11.6 Å². The molecule has 110 valence electrons. The summed E-state index contributed by atoms with van der Waals surface area (Å²) in [6.07, 6.45) is 0.